The van der Waals surface area contributed by atoms with E-state index < -0.39 is 9.05 Å². The Hall–Kier alpha value is -0.550. The van der Waals surface area contributed by atoms with Crippen LogP contribution in [0.4, 0.5) is 0 Å². The van der Waals surface area contributed by atoms with Crippen LogP contribution in [0.15, 0.2) is 17.6 Å². The van der Waals surface area contributed by atoms with Crippen LogP contribution in [0.5, 0.6) is 0 Å². The van der Waals surface area contributed by atoms with Crippen molar-refractivity contribution >= 4 is 19.7 Å². The number of rotatable bonds is 2. The summed E-state index contributed by atoms with van der Waals surface area (Å²) < 4.78 is 24.0. The van der Waals surface area contributed by atoms with Crippen molar-refractivity contribution in [1.82, 2.24) is 9.55 Å². The molecule has 2 rings (SSSR count). The Morgan fingerprint density at radius 3 is 2.50 bits per heavy atom. The summed E-state index contributed by atoms with van der Waals surface area (Å²) >= 11 is 0. The number of aromatic nitrogens is 2. The van der Waals surface area contributed by atoms with Crippen LogP contribution in [0.1, 0.15) is 38.6 Å². The fourth-order valence-electron chi connectivity index (χ4n) is 2.18. The zero-order valence-corrected chi connectivity index (χ0v) is 10.7. The minimum atomic E-state index is -3.69. The summed E-state index contributed by atoms with van der Waals surface area (Å²) in [7, 11) is 1.54. The second kappa shape index (κ2) is 4.37. The highest BCUT2D eigenvalue weighted by Crippen LogP contribution is 2.32. The van der Waals surface area contributed by atoms with E-state index in [-0.39, 0.29) is 5.03 Å². The molecule has 0 spiro atoms. The number of hydrogen-bond acceptors (Lipinski definition) is 3. The van der Waals surface area contributed by atoms with E-state index in [0.717, 1.165) is 18.8 Å². The molecule has 0 saturated heterocycles. The third kappa shape index (κ3) is 2.58. The molecule has 0 atom stereocenters. The van der Waals surface area contributed by atoms with Gasteiger partial charge in [0.05, 0.1) is 6.33 Å². The van der Waals surface area contributed by atoms with Crippen LogP contribution in [-0.2, 0) is 9.05 Å². The van der Waals surface area contributed by atoms with E-state index in [9.17, 15) is 8.42 Å². The van der Waals surface area contributed by atoms with Gasteiger partial charge >= 0.3 is 0 Å². The first-order valence-corrected chi connectivity index (χ1v) is 7.76. The standard InChI is InChI=1S/C10H15ClN2O2S/c1-8-2-4-9(5-3-8)13-6-10(12-7-13)16(11,14)15/h6-9H,2-5H2,1H3. The molecule has 0 radical (unpaired) electrons. The third-order valence-electron chi connectivity index (χ3n) is 3.23. The number of imidazole rings is 1. The summed E-state index contributed by atoms with van der Waals surface area (Å²) in [5.41, 5.74) is 0. The fourth-order valence-corrected chi connectivity index (χ4v) is 2.84. The van der Waals surface area contributed by atoms with E-state index in [1.807, 2.05) is 4.57 Å². The van der Waals surface area contributed by atoms with Gasteiger partial charge in [-0.1, -0.05) is 6.92 Å². The van der Waals surface area contributed by atoms with Gasteiger partial charge < -0.3 is 4.57 Å². The van der Waals surface area contributed by atoms with E-state index >= 15 is 0 Å². The van der Waals surface area contributed by atoms with E-state index in [1.54, 1.807) is 6.33 Å². The van der Waals surface area contributed by atoms with Gasteiger partial charge in [-0.3, -0.25) is 0 Å². The summed E-state index contributed by atoms with van der Waals surface area (Å²) in [6, 6.07) is 0.371. The Kier molecular flexibility index (Phi) is 3.26. The fraction of sp³-hybridized carbons (Fsp3) is 0.700. The van der Waals surface area contributed by atoms with Crippen molar-refractivity contribution in [2.24, 2.45) is 5.92 Å². The van der Waals surface area contributed by atoms with Gasteiger partial charge in [0.1, 0.15) is 0 Å². The lowest BCUT2D eigenvalue weighted by Gasteiger charge is -2.26. The maximum absolute atomic E-state index is 11.1. The van der Waals surface area contributed by atoms with Gasteiger partial charge in [0, 0.05) is 22.9 Å². The Balaban J connectivity index is 2.14. The van der Waals surface area contributed by atoms with E-state index in [2.05, 4.69) is 11.9 Å². The lowest BCUT2D eigenvalue weighted by Crippen LogP contribution is -2.15. The molecule has 16 heavy (non-hydrogen) atoms. The van der Waals surface area contributed by atoms with Crippen molar-refractivity contribution < 1.29 is 8.42 Å². The molecule has 1 aromatic rings. The highest BCUT2D eigenvalue weighted by Gasteiger charge is 2.21. The second-order valence-corrected chi connectivity index (χ2v) is 7.02. The quantitative estimate of drug-likeness (QED) is 0.770. The Bertz CT molecular complexity index is 461. The molecule has 6 heteroatoms. The van der Waals surface area contributed by atoms with Crippen LogP contribution < -0.4 is 0 Å². The van der Waals surface area contributed by atoms with Gasteiger partial charge in [-0.05, 0) is 31.6 Å². The van der Waals surface area contributed by atoms with Crippen molar-refractivity contribution in [3.63, 3.8) is 0 Å². The molecule has 1 fully saturated rings. The first-order valence-electron chi connectivity index (χ1n) is 5.45. The molecular weight excluding hydrogens is 248 g/mol. The minimum Gasteiger partial charge on any atom is -0.333 e. The molecule has 0 aliphatic heterocycles. The molecule has 90 valence electrons. The first kappa shape index (κ1) is 11.9. The normalized spacial score (nSPS) is 26.9. The molecule has 0 aromatic carbocycles. The van der Waals surface area contributed by atoms with Crippen LogP contribution >= 0.6 is 10.7 Å². The molecule has 4 nitrogen and oxygen atoms in total. The largest absolute Gasteiger partial charge is 0.333 e. The summed E-state index contributed by atoms with van der Waals surface area (Å²) in [6.07, 6.45) is 7.63. The smallest absolute Gasteiger partial charge is 0.280 e. The minimum absolute atomic E-state index is 0.0483. The number of hydrogen-bond donors (Lipinski definition) is 0. The van der Waals surface area contributed by atoms with Gasteiger partial charge in [-0.25, -0.2) is 13.4 Å². The van der Waals surface area contributed by atoms with Gasteiger partial charge in [0.25, 0.3) is 9.05 Å². The van der Waals surface area contributed by atoms with Crippen molar-refractivity contribution in [1.29, 1.82) is 0 Å². The van der Waals surface area contributed by atoms with Gasteiger partial charge in [0.15, 0.2) is 5.03 Å². The molecule has 1 saturated carbocycles. The number of halogens is 1. The van der Waals surface area contributed by atoms with Gasteiger partial charge in [-0.2, -0.15) is 0 Å². The van der Waals surface area contributed by atoms with Crippen molar-refractivity contribution in [3.05, 3.63) is 12.5 Å². The molecule has 1 aliphatic rings. The topological polar surface area (TPSA) is 52.0 Å². The zero-order chi connectivity index (χ0) is 11.8. The summed E-state index contributed by atoms with van der Waals surface area (Å²) in [5, 5.41) is -0.0483. The Morgan fingerprint density at radius 1 is 1.38 bits per heavy atom. The number of nitrogens with zero attached hydrogens (tertiary/aromatic N) is 2. The molecular formula is C10H15ClN2O2S. The van der Waals surface area contributed by atoms with Crippen LogP contribution in [0.25, 0.3) is 0 Å². The molecule has 1 heterocycles. The van der Waals surface area contributed by atoms with Crippen LogP contribution in [0.3, 0.4) is 0 Å². The second-order valence-electron chi connectivity index (χ2n) is 4.51. The van der Waals surface area contributed by atoms with Crippen molar-refractivity contribution in [2.75, 3.05) is 0 Å². The monoisotopic (exact) mass is 262 g/mol. The van der Waals surface area contributed by atoms with Crippen LogP contribution in [-0.4, -0.2) is 18.0 Å². The molecule has 0 N–H and O–H groups in total. The van der Waals surface area contributed by atoms with Crippen LogP contribution in [0, 0.1) is 5.92 Å². The molecule has 1 aromatic heterocycles. The van der Waals surface area contributed by atoms with Crippen molar-refractivity contribution in [3.8, 4) is 0 Å². The lowest BCUT2D eigenvalue weighted by atomic mass is 9.87. The predicted molar refractivity (Wildman–Crippen MR) is 61.9 cm³/mol. The van der Waals surface area contributed by atoms with Gasteiger partial charge in [0.2, 0.25) is 0 Å². The van der Waals surface area contributed by atoms with E-state index in [4.69, 9.17) is 10.7 Å². The maximum atomic E-state index is 11.1. The van der Waals surface area contributed by atoms with Gasteiger partial charge in [-0.15, -0.1) is 0 Å². The summed E-state index contributed by atoms with van der Waals surface area (Å²) in [5.74, 6) is 0.774. The highest BCUT2D eigenvalue weighted by atomic mass is 35.7. The summed E-state index contributed by atoms with van der Waals surface area (Å²) in [6.45, 7) is 2.25. The highest BCUT2D eigenvalue weighted by molar-refractivity contribution is 8.13. The molecule has 1 aliphatic carbocycles. The average molecular weight is 263 g/mol. The zero-order valence-electron chi connectivity index (χ0n) is 9.13. The molecule has 0 amide bonds. The lowest BCUT2D eigenvalue weighted by molar-refractivity contribution is 0.289. The van der Waals surface area contributed by atoms with E-state index in [1.165, 1.54) is 19.0 Å². The predicted octanol–water partition coefficient (Wildman–Crippen LogP) is 2.56. The van der Waals surface area contributed by atoms with E-state index in [0.29, 0.717) is 6.04 Å². The summed E-state index contributed by atoms with van der Waals surface area (Å²) in [4.78, 5) is 3.82. The third-order valence-corrected chi connectivity index (χ3v) is 4.42. The SMILES string of the molecule is CC1CCC(n2cnc(S(=O)(=O)Cl)c2)CC1. The Morgan fingerprint density at radius 2 is 2.00 bits per heavy atom. The average Bonchev–Trinajstić information content (AvgIpc) is 2.67. The van der Waals surface area contributed by atoms with Crippen molar-refractivity contribution in [2.45, 2.75) is 43.7 Å². The Labute approximate surface area is 100 Å². The van der Waals surface area contributed by atoms with Crippen LogP contribution in [0.2, 0.25) is 0 Å². The first-order chi connectivity index (χ1) is 7.47. The molecule has 0 unspecified atom stereocenters. The maximum Gasteiger partial charge on any atom is 0.280 e. The molecule has 0 bridgehead atoms.